The summed E-state index contributed by atoms with van der Waals surface area (Å²) >= 11 is 5.96. The summed E-state index contributed by atoms with van der Waals surface area (Å²) in [5.41, 5.74) is 2.30. The van der Waals surface area contributed by atoms with Crippen LogP contribution in [0, 0.1) is 5.82 Å². The first-order valence-electron chi connectivity index (χ1n) is 13.2. The van der Waals surface area contributed by atoms with Gasteiger partial charge in [0.05, 0.1) is 10.6 Å². The third-order valence-corrected chi connectivity index (χ3v) is 6.78. The molecule has 0 amide bonds. The zero-order valence-electron chi connectivity index (χ0n) is 23.4. The van der Waals surface area contributed by atoms with Crippen molar-refractivity contribution in [2.45, 2.75) is 78.1 Å². The van der Waals surface area contributed by atoms with Crippen molar-refractivity contribution >= 4 is 28.2 Å². The summed E-state index contributed by atoms with van der Waals surface area (Å²) in [6.45, 7) is 10.6. The minimum atomic E-state index is -4.37. The van der Waals surface area contributed by atoms with Crippen LogP contribution in [0.4, 0.5) is 30.7 Å². The largest absolute Gasteiger partial charge is 0.416 e. The van der Waals surface area contributed by atoms with E-state index in [-0.39, 0.29) is 10.9 Å². The van der Waals surface area contributed by atoms with E-state index in [2.05, 4.69) is 23.5 Å². The maximum atomic E-state index is 14.7. The first-order valence-corrected chi connectivity index (χ1v) is 13.6. The van der Waals surface area contributed by atoms with E-state index in [1.54, 1.807) is 13.0 Å². The predicted octanol–water partition coefficient (Wildman–Crippen LogP) is 11.4. The van der Waals surface area contributed by atoms with Crippen LogP contribution in [-0.2, 0) is 12.6 Å². The number of halogens is 8. The Balaban J connectivity index is 0.000000357. The highest BCUT2D eigenvalue weighted by molar-refractivity contribution is 6.31. The number of hydrogen-bond acceptors (Lipinski definition) is 1. The van der Waals surface area contributed by atoms with Gasteiger partial charge in [-0.3, -0.25) is 4.99 Å². The molecule has 224 valence electrons. The van der Waals surface area contributed by atoms with Crippen LogP contribution < -0.4 is 0 Å². The van der Waals surface area contributed by atoms with Crippen molar-refractivity contribution in [1.82, 2.24) is 4.98 Å². The molecule has 1 N–H and O–H groups in total. The van der Waals surface area contributed by atoms with Gasteiger partial charge in [-0.25, -0.2) is 4.39 Å². The topological polar surface area (TPSA) is 28.1 Å². The summed E-state index contributed by atoms with van der Waals surface area (Å²) in [6, 6.07) is 8.36. The number of benzene rings is 2. The van der Waals surface area contributed by atoms with Crippen LogP contribution in [0.25, 0.3) is 10.9 Å². The van der Waals surface area contributed by atoms with E-state index < -0.39 is 29.3 Å². The summed E-state index contributed by atoms with van der Waals surface area (Å²) in [4.78, 5) is 7.11. The number of aryl methyl sites for hydroxylation is 1. The Labute approximate surface area is 241 Å². The number of rotatable bonds is 9. The fourth-order valence-electron chi connectivity index (χ4n) is 4.19. The summed E-state index contributed by atoms with van der Waals surface area (Å²) in [7, 11) is 0. The van der Waals surface area contributed by atoms with Gasteiger partial charge in [-0.2, -0.15) is 26.3 Å². The van der Waals surface area contributed by atoms with Gasteiger partial charge in [-0.05, 0) is 67.7 Å². The van der Waals surface area contributed by atoms with E-state index in [0.29, 0.717) is 17.3 Å². The molecular weight excluding hydrogens is 569 g/mol. The summed E-state index contributed by atoms with van der Waals surface area (Å²) in [6.07, 6.45) is -2.48. The second kappa shape index (κ2) is 14.7. The zero-order chi connectivity index (χ0) is 31.0. The number of H-pyrrole nitrogens is 1. The van der Waals surface area contributed by atoms with Crippen molar-refractivity contribution in [2.75, 3.05) is 0 Å². The molecule has 3 rings (SSSR count). The Bertz CT molecular complexity index is 1360. The molecule has 0 aliphatic heterocycles. The lowest BCUT2D eigenvalue weighted by atomic mass is 9.92. The number of aromatic nitrogens is 1. The van der Waals surface area contributed by atoms with Gasteiger partial charge in [0.25, 0.3) is 0 Å². The molecule has 2 aromatic carbocycles. The first kappa shape index (κ1) is 34.1. The van der Waals surface area contributed by atoms with Gasteiger partial charge < -0.3 is 4.98 Å². The van der Waals surface area contributed by atoms with Gasteiger partial charge in [-0.15, -0.1) is 0 Å². The number of nitrogens with zero attached hydrogens (tertiary/aromatic N) is 1. The zero-order valence-corrected chi connectivity index (χ0v) is 24.2. The monoisotopic (exact) mass is 602 g/mol. The van der Waals surface area contributed by atoms with Gasteiger partial charge in [0.1, 0.15) is 0 Å². The van der Waals surface area contributed by atoms with Crippen LogP contribution in [0.15, 0.2) is 65.8 Å². The van der Waals surface area contributed by atoms with Crippen molar-refractivity contribution in [2.24, 2.45) is 4.99 Å². The lowest BCUT2D eigenvalue weighted by Crippen LogP contribution is -2.08. The predicted molar refractivity (Wildman–Crippen MR) is 153 cm³/mol. The number of unbranched alkanes of at least 4 members (excludes halogenated alkanes) is 1. The second-order valence-electron chi connectivity index (χ2n) is 9.70. The normalized spacial score (nSPS) is 13.4. The van der Waals surface area contributed by atoms with Gasteiger partial charge in [-0.1, -0.05) is 63.9 Å². The average Bonchev–Trinajstić information content (AvgIpc) is 3.27. The Morgan fingerprint density at radius 2 is 1.66 bits per heavy atom. The second-order valence-corrected chi connectivity index (χ2v) is 10.1. The third kappa shape index (κ3) is 9.48. The van der Waals surface area contributed by atoms with E-state index in [1.165, 1.54) is 18.2 Å². The molecule has 1 aromatic heterocycles. The highest BCUT2D eigenvalue weighted by Gasteiger charge is 2.31. The van der Waals surface area contributed by atoms with Crippen LogP contribution >= 0.6 is 11.6 Å². The number of fused-ring (bicyclic) bond motifs is 1. The molecule has 1 atom stereocenters. The fraction of sp³-hybridized carbons (Fsp3) is 0.387. The Morgan fingerprint density at radius 3 is 2.20 bits per heavy atom. The van der Waals surface area contributed by atoms with Crippen molar-refractivity contribution in [3.8, 4) is 0 Å². The SMILES string of the molecule is C=C(/C=C\N=C(C)CCC)C(F)(F)F.CCCCc1c(C(C)c2ccc(C(F)(F)F)cc2)[nH]c2ccc(Cl)c(F)c12. The molecule has 41 heavy (non-hydrogen) atoms. The van der Waals surface area contributed by atoms with E-state index in [4.69, 9.17) is 11.6 Å². The molecule has 3 aromatic rings. The Morgan fingerprint density at radius 1 is 1.02 bits per heavy atom. The smallest absolute Gasteiger partial charge is 0.358 e. The fourth-order valence-corrected chi connectivity index (χ4v) is 4.35. The average molecular weight is 603 g/mol. The highest BCUT2D eigenvalue weighted by Crippen LogP contribution is 2.37. The highest BCUT2D eigenvalue weighted by atomic mass is 35.5. The van der Waals surface area contributed by atoms with Crippen LogP contribution in [0.1, 0.15) is 81.7 Å². The molecule has 2 nitrogen and oxygen atoms in total. The number of aliphatic imine (C=N–C) groups is 1. The van der Waals surface area contributed by atoms with Gasteiger partial charge in [0, 0.05) is 40.0 Å². The maximum Gasteiger partial charge on any atom is 0.416 e. The molecule has 0 saturated carbocycles. The molecule has 0 aliphatic rings. The molecule has 10 heteroatoms. The lowest BCUT2D eigenvalue weighted by Gasteiger charge is -2.15. The summed E-state index contributed by atoms with van der Waals surface area (Å²) in [5, 5.41) is 0.540. The first-order chi connectivity index (χ1) is 19.1. The molecule has 0 radical (unpaired) electrons. The van der Waals surface area contributed by atoms with Gasteiger partial charge in [0.2, 0.25) is 0 Å². The third-order valence-electron chi connectivity index (χ3n) is 6.49. The van der Waals surface area contributed by atoms with Gasteiger partial charge >= 0.3 is 12.4 Å². The van der Waals surface area contributed by atoms with Crippen molar-refractivity contribution in [3.05, 3.63) is 94.1 Å². The summed E-state index contributed by atoms with van der Waals surface area (Å²) < 4.78 is 88.9. The lowest BCUT2D eigenvalue weighted by molar-refractivity contribution is -0.137. The van der Waals surface area contributed by atoms with Crippen molar-refractivity contribution in [3.63, 3.8) is 0 Å². The standard InChI is InChI=1S/C21H20ClF4N.C10H14F3N/c1-3-4-5-15-18-17(11-10-16(22)19(18)23)27-20(15)12(2)13-6-8-14(9-7-13)21(24,25)26;1-4-5-9(3)14-7-6-8(2)10(11,12)13/h6-12,27H,3-5H2,1-2H3;6-7H,2,4-5H2,1,3H3/b;7-6-,14-9?. The van der Waals surface area contributed by atoms with E-state index in [1.807, 2.05) is 13.8 Å². The number of alkyl halides is 6. The van der Waals surface area contributed by atoms with E-state index in [9.17, 15) is 30.7 Å². The molecule has 1 unspecified atom stereocenters. The number of aromatic amines is 1. The van der Waals surface area contributed by atoms with Crippen molar-refractivity contribution < 1.29 is 30.7 Å². The number of allylic oxidation sites excluding steroid dienone is 2. The van der Waals surface area contributed by atoms with Crippen LogP contribution in [0.5, 0.6) is 0 Å². The quantitative estimate of drug-likeness (QED) is 0.143. The molecule has 0 bridgehead atoms. The van der Waals surface area contributed by atoms with Gasteiger partial charge in [0.15, 0.2) is 5.82 Å². The molecule has 0 saturated heterocycles. The molecule has 0 aliphatic carbocycles. The van der Waals surface area contributed by atoms with E-state index in [0.717, 1.165) is 72.6 Å². The van der Waals surface area contributed by atoms with Crippen LogP contribution in [0.2, 0.25) is 5.02 Å². The van der Waals surface area contributed by atoms with Crippen LogP contribution in [0.3, 0.4) is 0 Å². The Hall–Kier alpha value is -3.07. The minimum absolute atomic E-state index is 0.0629. The van der Waals surface area contributed by atoms with E-state index >= 15 is 0 Å². The molecular formula is C31H34ClF7N2. The Kier molecular flexibility index (Phi) is 12.2. The molecule has 0 spiro atoms. The summed E-state index contributed by atoms with van der Waals surface area (Å²) in [5.74, 6) is -0.660. The number of hydrogen-bond donors (Lipinski definition) is 1. The number of nitrogens with one attached hydrogen (secondary N) is 1. The molecule has 1 heterocycles. The van der Waals surface area contributed by atoms with Crippen LogP contribution in [-0.4, -0.2) is 16.9 Å². The van der Waals surface area contributed by atoms with Crippen molar-refractivity contribution in [1.29, 1.82) is 0 Å². The maximum absolute atomic E-state index is 14.7. The minimum Gasteiger partial charge on any atom is -0.358 e. The molecule has 0 fully saturated rings.